The number of benzene rings is 2. The lowest BCUT2D eigenvalue weighted by Crippen LogP contribution is -2.21. The zero-order chi connectivity index (χ0) is 23.5. The summed E-state index contributed by atoms with van der Waals surface area (Å²) in [5.41, 5.74) is 2.83. The average Bonchev–Trinajstić information content (AvgIpc) is 2.84. The van der Waals surface area contributed by atoms with Crippen molar-refractivity contribution in [2.75, 3.05) is 23.8 Å². The van der Waals surface area contributed by atoms with Crippen LogP contribution in [0.4, 0.5) is 16.2 Å². The van der Waals surface area contributed by atoms with Crippen molar-refractivity contribution >= 4 is 23.1 Å². The first-order valence-corrected chi connectivity index (χ1v) is 10.7. The molecule has 5 rings (SSSR count). The summed E-state index contributed by atoms with van der Waals surface area (Å²) in [6, 6.07) is 17.0. The molecule has 2 aromatic heterocycles. The number of hydrogen-bond acceptors (Lipinski definition) is 6. The molecule has 0 aliphatic carbocycles. The first-order valence-electron chi connectivity index (χ1n) is 10.7. The number of ether oxygens (including phenoxy) is 3. The number of pyridine rings is 1. The highest BCUT2D eigenvalue weighted by atomic mass is 16.6. The summed E-state index contributed by atoms with van der Waals surface area (Å²) in [5, 5.41) is 5.57. The molecule has 9 heteroatoms. The third-order valence-electron chi connectivity index (χ3n) is 5.25. The number of amides is 2. The van der Waals surface area contributed by atoms with E-state index >= 15 is 0 Å². The van der Waals surface area contributed by atoms with Crippen molar-refractivity contribution in [1.82, 2.24) is 9.38 Å². The van der Waals surface area contributed by atoms with Gasteiger partial charge in [-0.2, -0.15) is 0 Å². The van der Waals surface area contributed by atoms with Crippen molar-refractivity contribution in [3.05, 3.63) is 88.5 Å². The van der Waals surface area contributed by atoms with Gasteiger partial charge in [-0.1, -0.05) is 18.2 Å². The summed E-state index contributed by atoms with van der Waals surface area (Å²) in [7, 11) is 0. The number of anilines is 2. The van der Waals surface area contributed by atoms with Crippen LogP contribution in [0.5, 0.6) is 17.2 Å². The Morgan fingerprint density at radius 3 is 2.74 bits per heavy atom. The number of para-hydroxylation sites is 2. The molecule has 0 fully saturated rings. The standard InChI is InChI=1S/C25H22N4O5/c1-16-5-4-10-29-23(30)14-18(26-24(16)29)15-34-20-7-3-2-6-19(20)28-25(31)27-17-8-9-21-22(13-17)33-12-11-32-21/h2-10,13-14H,11-12,15H2,1H3,(H2,27,28,31). The van der Waals surface area contributed by atoms with Crippen LogP contribution >= 0.6 is 0 Å². The predicted molar refractivity (Wildman–Crippen MR) is 127 cm³/mol. The van der Waals surface area contributed by atoms with Gasteiger partial charge in [-0.05, 0) is 42.8 Å². The Balaban J connectivity index is 1.28. The maximum atomic E-state index is 12.6. The molecule has 0 saturated heterocycles. The fourth-order valence-corrected chi connectivity index (χ4v) is 3.64. The molecule has 0 radical (unpaired) electrons. The molecule has 1 aliphatic heterocycles. The van der Waals surface area contributed by atoms with Crippen molar-refractivity contribution in [3.8, 4) is 17.2 Å². The van der Waals surface area contributed by atoms with E-state index in [0.717, 1.165) is 5.56 Å². The highest BCUT2D eigenvalue weighted by Gasteiger charge is 2.14. The number of rotatable bonds is 5. The van der Waals surface area contributed by atoms with Crippen LogP contribution in [0.15, 0.2) is 71.7 Å². The van der Waals surface area contributed by atoms with Gasteiger partial charge in [-0.25, -0.2) is 9.78 Å². The molecule has 4 aromatic rings. The van der Waals surface area contributed by atoms with Gasteiger partial charge in [0.25, 0.3) is 5.56 Å². The van der Waals surface area contributed by atoms with Gasteiger partial charge in [-0.3, -0.25) is 9.20 Å². The van der Waals surface area contributed by atoms with Crippen molar-refractivity contribution < 1.29 is 19.0 Å². The summed E-state index contributed by atoms with van der Waals surface area (Å²) < 4.78 is 18.5. The van der Waals surface area contributed by atoms with Crippen LogP contribution in [0.25, 0.3) is 5.65 Å². The van der Waals surface area contributed by atoms with Crippen LogP contribution in [0, 0.1) is 6.92 Å². The van der Waals surface area contributed by atoms with Crippen molar-refractivity contribution in [1.29, 1.82) is 0 Å². The molecule has 0 spiro atoms. The number of aromatic nitrogens is 2. The number of urea groups is 1. The van der Waals surface area contributed by atoms with Crippen LogP contribution in [0.3, 0.4) is 0 Å². The van der Waals surface area contributed by atoms with Gasteiger partial charge in [0.05, 0.1) is 11.4 Å². The Labute approximate surface area is 194 Å². The first-order chi connectivity index (χ1) is 16.6. The molecule has 2 aromatic carbocycles. The van der Waals surface area contributed by atoms with Gasteiger partial charge >= 0.3 is 6.03 Å². The molecule has 0 atom stereocenters. The van der Waals surface area contributed by atoms with Gasteiger partial charge < -0.3 is 24.8 Å². The molecule has 0 saturated carbocycles. The SMILES string of the molecule is Cc1cccn2c(=O)cc(COc3ccccc3NC(=O)Nc3ccc4c(c3)OCCO4)nc12. The van der Waals surface area contributed by atoms with E-state index in [2.05, 4.69) is 15.6 Å². The molecule has 172 valence electrons. The van der Waals surface area contributed by atoms with E-state index in [0.29, 0.717) is 53.2 Å². The van der Waals surface area contributed by atoms with Crippen molar-refractivity contribution in [2.45, 2.75) is 13.5 Å². The first kappa shape index (κ1) is 21.3. The summed E-state index contributed by atoms with van der Waals surface area (Å²) in [4.78, 5) is 29.6. The maximum Gasteiger partial charge on any atom is 0.323 e. The summed E-state index contributed by atoms with van der Waals surface area (Å²) >= 11 is 0. The molecule has 2 amide bonds. The van der Waals surface area contributed by atoms with Gasteiger partial charge in [-0.15, -0.1) is 0 Å². The van der Waals surface area contributed by atoms with Crippen LogP contribution in [0.2, 0.25) is 0 Å². The van der Waals surface area contributed by atoms with E-state index in [4.69, 9.17) is 14.2 Å². The van der Waals surface area contributed by atoms with E-state index < -0.39 is 6.03 Å². The van der Waals surface area contributed by atoms with E-state index in [9.17, 15) is 9.59 Å². The lowest BCUT2D eigenvalue weighted by atomic mass is 10.2. The quantitative estimate of drug-likeness (QED) is 0.469. The molecular formula is C25H22N4O5. The van der Waals surface area contributed by atoms with E-state index in [1.54, 1.807) is 54.7 Å². The summed E-state index contributed by atoms with van der Waals surface area (Å²) in [5.74, 6) is 1.68. The number of fused-ring (bicyclic) bond motifs is 2. The number of carbonyl (C=O) groups is 1. The second kappa shape index (κ2) is 9.14. The fourth-order valence-electron chi connectivity index (χ4n) is 3.64. The van der Waals surface area contributed by atoms with Crippen LogP contribution in [-0.2, 0) is 6.61 Å². The van der Waals surface area contributed by atoms with Crippen molar-refractivity contribution in [2.24, 2.45) is 0 Å². The highest BCUT2D eigenvalue weighted by Crippen LogP contribution is 2.32. The largest absolute Gasteiger partial charge is 0.486 e. The molecule has 9 nitrogen and oxygen atoms in total. The number of hydrogen-bond donors (Lipinski definition) is 2. The molecule has 1 aliphatic rings. The van der Waals surface area contributed by atoms with Gasteiger partial charge in [0.15, 0.2) is 11.5 Å². The predicted octanol–water partition coefficient (Wildman–Crippen LogP) is 4.00. The van der Waals surface area contributed by atoms with E-state index in [1.807, 2.05) is 13.0 Å². The van der Waals surface area contributed by atoms with Gasteiger partial charge in [0, 0.05) is 24.0 Å². The molecule has 0 unspecified atom stereocenters. The fraction of sp³-hybridized carbons (Fsp3) is 0.160. The minimum absolute atomic E-state index is 0.0720. The van der Waals surface area contributed by atoms with Crippen LogP contribution in [0.1, 0.15) is 11.3 Å². The van der Waals surface area contributed by atoms with E-state index in [1.165, 1.54) is 10.5 Å². The Morgan fingerprint density at radius 2 is 1.85 bits per heavy atom. The minimum atomic E-state index is -0.439. The summed E-state index contributed by atoms with van der Waals surface area (Å²) in [6.07, 6.45) is 1.68. The smallest absolute Gasteiger partial charge is 0.323 e. The van der Waals surface area contributed by atoms with Gasteiger partial charge in [0.2, 0.25) is 0 Å². The molecule has 0 bridgehead atoms. The topological polar surface area (TPSA) is 103 Å². The monoisotopic (exact) mass is 458 g/mol. The number of nitrogens with zero attached hydrogens (tertiary/aromatic N) is 2. The number of carbonyl (C=O) groups excluding carboxylic acids is 1. The van der Waals surface area contributed by atoms with Crippen LogP contribution < -0.4 is 30.4 Å². The third kappa shape index (κ3) is 4.49. The van der Waals surface area contributed by atoms with Crippen LogP contribution in [-0.4, -0.2) is 28.6 Å². The lowest BCUT2D eigenvalue weighted by molar-refractivity contribution is 0.171. The molecule has 3 heterocycles. The molecule has 34 heavy (non-hydrogen) atoms. The minimum Gasteiger partial charge on any atom is -0.486 e. The Morgan fingerprint density at radius 1 is 1.03 bits per heavy atom. The third-order valence-corrected chi connectivity index (χ3v) is 5.25. The van der Waals surface area contributed by atoms with E-state index in [-0.39, 0.29) is 12.2 Å². The average molecular weight is 458 g/mol. The van der Waals surface area contributed by atoms with Crippen molar-refractivity contribution in [3.63, 3.8) is 0 Å². The molecule has 2 N–H and O–H groups in total. The number of aryl methyl sites for hydroxylation is 1. The Bertz CT molecular complexity index is 1430. The Kier molecular flexibility index (Phi) is 5.73. The second-order valence-corrected chi connectivity index (χ2v) is 7.69. The molecular weight excluding hydrogens is 436 g/mol. The zero-order valence-electron chi connectivity index (χ0n) is 18.4. The Hall–Kier alpha value is -4.53. The zero-order valence-corrected chi connectivity index (χ0v) is 18.4. The van der Waals surface area contributed by atoms with Gasteiger partial charge in [0.1, 0.15) is 31.2 Å². The highest BCUT2D eigenvalue weighted by molar-refractivity contribution is 6.00. The maximum absolute atomic E-state index is 12.6. The normalized spacial score (nSPS) is 12.3. The summed E-state index contributed by atoms with van der Waals surface area (Å²) in [6.45, 7) is 2.93. The lowest BCUT2D eigenvalue weighted by Gasteiger charge is -2.19. The number of nitrogens with one attached hydrogen (secondary N) is 2. The second-order valence-electron chi connectivity index (χ2n) is 7.69.